The minimum atomic E-state index is -0.816. The largest absolute Gasteiger partial charge is 0.300 e. The number of piperidine rings is 1. The number of hydrogen-bond donors (Lipinski definition) is 0. The molecule has 5 nitrogen and oxygen atoms in total. The Hall–Kier alpha value is -1.39. The van der Waals surface area contributed by atoms with Crippen LogP contribution in [-0.2, 0) is 4.79 Å². The zero-order chi connectivity index (χ0) is 26.7. The van der Waals surface area contributed by atoms with E-state index in [0.29, 0.717) is 41.8 Å². The summed E-state index contributed by atoms with van der Waals surface area (Å²) in [6.07, 6.45) is 1.69. The number of likely N-dealkylation sites (tertiary alicyclic amines) is 1. The Bertz CT molecular complexity index is 1110. The Morgan fingerprint density at radius 2 is 1.76 bits per heavy atom. The molecule has 1 amide bonds. The van der Waals surface area contributed by atoms with Crippen molar-refractivity contribution in [1.82, 2.24) is 9.88 Å². The Labute approximate surface area is 229 Å². The van der Waals surface area contributed by atoms with Crippen LogP contribution in [0.15, 0.2) is 41.3 Å². The number of ketones is 1. The molecule has 2 saturated heterocycles. The van der Waals surface area contributed by atoms with Crippen molar-refractivity contribution in [3.63, 3.8) is 0 Å². The van der Waals surface area contributed by atoms with Gasteiger partial charge in [-0.3, -0.25) is 14.5 Å². The highest BCUT2D eigenvalue weighted by atomic mass is 32.2. The van der Waals surface area contributed by atoms with Crippen LogP contribution in [0.5, 0.6) is 0 Å². The highest BCUT2D eigenvalue weighted by Crippen LogP contribution is 2.34. The summed E-state index contributed by atoms with van der Waals surface area (Å²) in [4.78, 5) is 37.2. The van der Waals surface area contributed by atoms with Crippen molar-refractivity contribution >= 4 is 53.1 Å². The lowest BCUT2D eigenvalue weighted by Crippen LogP contribution is -2.37. The van der Waals surface area contributed by atoms with Gasteiger partial charge in [0.2, 0.25) is 5.91 Å². The molecular weight excluding hydrogens is 523 g/mol. The number of benzene rings is 1. The quantitative estimate of drug-likeness (QED) is 0.236. The number of amides is 1. The van der Waals surface area contributed by atoms with Crippen LogP contribution < -0.4 is 10.2 Å². The van der Waals surface area contributed by atoms with Crippen molar-refractivity contribution in [2.45, 2.75) is 62.0 Å². The number of anilines is 1. The highest BCUT2D eigenvalue weighted by Gasteiger charge is 2.40. The Kier molecular flexibility index (Phi) is 9.78. The van der Waals surface area contributed by atoms with E-state index in [0.717, 1.165) is 41.8 Å². The molecule has 9 heteroatoms. The maximum Gasteiger partial charge on any atom is 0.232 e. The molecule has 0 bridgehead atoms. The van der Waals surface area contributed by atoms with Gasteiger partial charge in [-0.2, -0.15) is 0 Å². The molecule has 0 aliphatic carbocycles. The molecule has 2 fully saturated rings. The molecular formula is C28H38FN3O2P2S. The lowest BCUT2D eigenvalue weighted by molar-refractivity contribution is -0.121. The Balaban J connectivity index is 1.43. The fourth-order valence-electron chi connectivity index (χ4n) is 5.42. The third-order valence-corrected chi connectivity index (χ3v) is 9.20. The van der Waals surface area contributed by atoms with Gasteiger partial charge in [-0.15, -0.1) is 30.2 Å². The average molecular weight is 562 g/mol. The molecule has 6 atom stereocenters. The SMILES string of the molecule is CC(F)CN1CCC(c2ccc(P)c(N3CC[C@H](C(C)C(=O)c4ccc(SC(C)P)cc4)C3=O)n2)CC1. The van der Waals surface area contributed by atoms with E-state index in [1.807, 2.05) is 43.3 Å². The van der Waals surface area contributed by atoms with Gasteiger partial charge in [-0.05, 0) is 70.5 Å². The number of hydrogen-bond acceptors (Lipinski definition) is 5. The summed E-state index contributed by atoms with van der Waals surface area (Å²) in [5.74, 6) is 0.231. The Morgan fingerprint density at radius 3 is 2.38 bits per heavy atom. The van der Waals surface area contributed by atoms with Crippen molar-refractivity contribution in [2.24, 2.45) is 11.8 Å². The number of rotatable bonds is 9. The summed E-state index contributed by atoms with van der Waals surface area (Å²) in [5, 5.41) is 0.886. The molecule has 4 rings (SSSR count). The number of pyridine rings is 1. The molecule has 200 valence electrons. The van der Waals surface area contributed by atoms with Crippen LogP contribution in [0.25, 0.3) is 0 Å². The van der Waals surface area contributed by atoms with Gasteiger partial charge < -0.3 is 4.90 Å². The van der Waals surface area contributed by atoms with E-state index in [1.54, 1.807) is 23.6 Å². The van der Waals surface area contributed by atoms with Gasteiger partial charge in [0.05, 0.1) is 5.92 Å². The fourth-order valence-corrected chi connectivity index (χ4v) is 6.93. The molecule has 5 unspecified atom stereocenters. The first-order valence-corrected chi connectivity index (χ1v) is 15.3. The summed E-state index contributed by atoms with van der Waals surface area (Å²) in [5.41, 5.74) is 1.65. The van der Waals surface area contributed by atoms with E-state index in [1.165, 1.54) is 0 Å². The third kappa shape index (κ3) is 6.98. The van der Waals surface area contributed by atoms with Crippen molar-refractivity contribution in [2.75, 3.05) is 31.1 Å². The summed E-state index contributed by atoms with van der Waals surface area (Å²) in [6, 6.07) is 11.8. The molecule has 0 saturated carbocycles. The van der Waals surface area contributed by atoms with Gasteiger partial charge in [0.1, 0.15) is 12.0 Å². The van der Waals surface area contributed by atoms with Crippen LogP contribution in [0.1, 0.15) is 62.0 Å². The third-order valence-electron chi connectivity index (χ3n) is 7.42. The molecule has 2 aliphatic heterocycles. The first-order chi connectivity index (χ1) is 17.6. The molecule has 3 heterocycles. The zero-order valence-electron chi connectivity index (χ0n) is 21.9. The van der Waals surface area contributed by atoms with Gasteiger partial charge in [0.15, 0.2) is 5.78 Å². The van der Waals surface area contributed by atoms with Crippen molar-refractivity contribution in [3.8, 4) is 0 Å². The predicted octanol–water partition coefficient (Wildman–Crippen LogP) is 5.30. The average Bonchev–Trinajstić information content (AvgIpc) is 3.24. The summed E-state index contributed by atoms with van der Waals surface area (Å²) in [6.45, 7) is 8.35. The summed E-state index contributed by atoms with van der Waals surface area (Å²) in [7, 11) is 5.47. The normalized spacial score (nSPS) is 21.7. The molecule has 37 heavy (non-hydrogen) atoms. The topological polar surface area (TPSA) is 53.5 Å². The van der Waals surface area contributed by atoms with Crippen LogP contribution in [0, 0.1) is 11.8 Å². The van der Waals surface area contributed by atoms with Crippen molar-refractivity contribution in [3.05, 3.63) is 47.7 Å². The number of nitrogens with zero attached hydrogens (tertiary/aromatic N) is 3. The molecule has 1 aromatic carbocycles. The number of aromatic nitrogens is 1. The lowest BCUT2D eigenvalue weighted by Gasteiger charge is -2.32. The predicted molar refractivity (Wildman–Crippen MR) is 158 cm³/mol. The van der Waals surface area contributed by atoms with Crippen LogP contribution in [0.3, 0.4) is 0 Å². The molecule has 2 aliphatic rings. The molecule has 2 aromatic rings. The second-order valence-electron chi connectivity index (χ2n) is 10.4. The number of Topliss-reactive ketones (excluding diaryl/α,β-unsaturated/α-hetero) is 1. The maximum absolute atomic E-state index is 13.5. The van der Waals surface area contributed by atoms with Gasteiger partial charge in [0, 0.05) is 51.4 Å². The minimum Gasteiger partial charge on any atom is -0.300 e. The summed E-state index contributed by atoms with van der Waals surface area (Å²) < 4.78 is 13.4. The molecule has 0 N–H and O–H groups in total. The minimum absolute atomic E-state index is 0.0119. The second-order valence-corrected chi connectivity index (χ2v) is 13.9. The van der Waals surface area contributed by atoms with E-state index >= 15 is 0 Å². The highest BCUT2D eigenvalue weighted by molar-refractivity contribution is 8.03. The zero-order valence-corrected chi connectivity index (χ0v) is 25.0. The number of carbonyl (C=O) groups excluding carboxylic acids is 2. The fraction of sp³-hybridized carbons (Fsp3) is 0.536. The van der Waals surface area contributed by atoms with Gasteiger partial charge in [-0.25, -0.2) is 9.37 Å². The van der Waals surface area contributed by atoms with E-state index in [2.05, 4.69) is 30.3 Å². The monoisotopic (exact) mass is 561 g/mol. The van der Waals surface area contributed by atoms with Crippen molar-refractivity contribution < 1.29 is 14.0 Å². The van der Waals surface area contributed by atoms with Gasteiger partial charge in [-0.1, -0.05) is 19.1 Å². The van der Waals surface area contributed by atoms with Gasteiger partial charge in [0.25, 0.3) is 0 Å². The molecule has 1 aromatic heterocycles. The van der Waals surface area contributed by atoms with Gasteiger partial charge >= 0.3 is 0 Å². The number of halogens is 1. The van der Waals surface area contributed by atoms with Crippen LogP contribution in [0.4, 0.5) is 10.2 Å². The summed E-state index contributed by atoms with van der Waals surface area (Å²) >= 11 is 1.73. The number of alkyl halides is 1. The standard InChI is InChI=1S/C28H38FN3O2P2S/c1-17(29)16-31-13-10-20(11-14-31)24-8-9-25(36)27(30-24)32-15-12-23(28(32)34)18(2)26(33)21-4-6-22(7-5-21)37-19(3)35/h4-9,17-20,23H,10-16,35-36H2,1-3H3/t17?,18?,19?,23-/m1/s1. The lowest BCUT2D eigenvalue weighted by atomic mass is 9.86. The number of thioether (sulfide) groups is 1. The first-order valence-electron chi connectivity index (χ1n) is 13.1. The van der Waals surface area contributed by atoms with Crippen LogP contribution in [0.2, 0.25) is 0 Å². The second kappa shape index (κ2) is 12.6. The van der Waals surface area contributed by atoms with E-state index in [-0.39, 0.29) is 17.6 Å². The van der Waals surface area contributed by atoms with E-state index < -0.39 is 12.1 Å². The molecule has 0 spiro atoms. The first kappa shape index (κ1) is 28.6. The molecule has 0 radical (unpaired) electrons. The van der Waals surface area contributed by atoms with E-state index in [9.17, 15) is 14.0 Å². The maximum atomic E-state index is 13.5. The number of carbonyl (C=O) groups is 2. The van der Waals surface area contributed by atoms with E-state index in [4.69, 9.17) is 4.98 Å². The Morgan fingerprint density at radius 1 is 1.08 bits per heavy atom. The van der Waals surface area contributed by atoms with Crippen LogP contribution in [-0.4, -0.2) is 58.9 Å². The smallest absolute Gasteiger partial charge is 0.232 e. The van der Waals surface area contributed by atoms with Crippen molar-refractivity contribution in [1.29, 1.82) is 0 Å². The van der Waals surface area contributed by atoms with Crippen LogP contribution >= 0.6 is 30.2 Å².